The van der Waals surface area contributed by atoms with Gasteiger partial charge in [-0.05, 0) is 60.9 Å². The number of aliphatic hydroxyl groups is 1. The number of aliphatic hydroxyl groups excluding tert-OH is 1. The Labute approximate surface area is 364 Å². The predicted octanol–water partition coefficient (Wildman–Crippen LogP) is 5.47. The zero-order valence-corrected chi connectivity index (χ0v) is 35.6. The van der Waals surface area contributed by atoms with Crippen molar-refractivity contribution in [2.75, 3.05) is 42.6 Å². The highest BCUT2D eigenvalue weighted by molar-refractivity contribution is 5.96. The molecule has 6 N–H and O–H groups in total. The van der Waals surface area contributed by atoms with E-state index >= 15 is 0 Å². The molecule has 1 fully saturated rings. The van der Waals surface area contributed by atoms with Crippen LogP contribution in [0.4, 0.5) is 29.3 Å². The van der Waals surface area contributed by atoms with Crippen LogP contribution in [0.5, 0.6) is 0 Å². The first-order chi connectivity index (χ1) is 30.1. The van der Waals surface area contributed by atoms with Crippen molar-refractivity contribution in [3.8, 4) is 0 Å². The molecule has 0 spiro atoms. The minimum absolute atomic E-state index is 0.0660. The molecule has 1 saturated heterocycles. The van der Waals surface area contributed by atoms with Crippen LogP contribution in [0.25, 0.3) is 10.8 Å². The highest BCUT2D eigenvalue weighted by atomic mass is 19.4. The van der Waals surface area contributed by atoms with Crippen LogP contribution in [0.2, 0.25) is 0 Å². The minimum atomic E-state index is -4.49. The second kappa shape index (κ2) is 20.8. The number of hydrogen-bond acceptors (Lipinski definition) is 10. The van der Waals surface area contributed by atoms with E-state index in [4.69, 9.17) is 10.5 Å². The summed E-state index contributed by atoms with van der Waals surface area (Å²) in [5, 5.41) is 20.3. The number of amides is 4. The molecule has 0 aromatic heterocycles. The maximum Gasteiger partial charge on any atom is 0.416 e. The molecule has 0 bridgehead atoms. The van der Waals surface area contributed by atoms with Crippen molar-refractivity contribution in [1.29, 1.82) is 0 Å². The first kappa shape index (κ1) is 46.3. The Morgan fingerprint density at radius 3 is 2.21 bits per heavy atom. The number of halogens is 3. The van der Waals surface area contributed by atoms with E-state index in [2.05, 4.69) is 16.1 Å². The summed E-state index contributed by atoms with van der Waals surface area (Å²) >= 11 is 0. The van der Waals surface area contributed by atoms with Crippen molar-refractivity contribution < 1.29 is 42.2 Å². The van der Waals surface area contributed by atoms with Gasteiger partial charge in [0.1, 0.15) is 25.4 Å². The highest BCUT2D eigenvalue weighted by Crippen LogP contribution is 2.35. The van der Waals surface area contributed by atoms with Gasteiger partial charge in [0.2, 0.25) is 11.8 Å². The number of nitrogens with two attached hydrogens (primary N) is 1. The summed E-state index contributed by atoms with van der Waals surface area (Å²) in [6.07, 6.45) is -4.66. The second-order valence-corrected chi connectivity index (χ2v) is 16.3. The van der Waals surface area contributed by atoms with Crippen molar-refractivity contribution in [1.82, 2.24) is 26.0 Å². The molecule has 0 radical (unpaired) electrons. The number of hydrogen-bond donors (Lipinski definition) is 5. The fourth-order valence-electron chi connectivity index (χ4n) is 7.53. The third-order valence-corrected chi connectivity index (χ3v) is 11.0. The van der Waals surface area contributed by atoms with Gasteiger partial charge >= 0.3 is 12.3 Å². The number of anilines is 2. The number of rotatable bonds is 16. The molecule has 4 aromatic rings. The number of carbonyl (C=O) groups is 4. The van der Waals surface area contributed by atoms with Crippen LogP contribution in [-0.4, -0.2) is 95.9 Å². The van der Waals surface area contributed by atoms with Gasteiger partial charge in [-0.2, -0.15) is 13.2 Å². The Bertz CT molecular complexity index is 2240. The maximum absolute atomic E-state index is 14.5. The quantitative estimate of drug-likeness (QED) is 0.0972. The summed E-state index contributed by atoms with van der Waals surface area (Å²) in [6.45, 7) is 6.51. The lowest BCUT2D eigenvalue weighted by Gasteiger charge is -2.37. The zero-order valence-electron chi connectivity index (χ0n) is 35.6. The maximum atomic E-state index is 14.5. The average Bonchev–Trinajstić information content (AvgIpc) is 3.69. The van der Waals surface area contributed by atoms with Crippen molar-refractivity contribution in [2.45, 2.75) is 77.0 Å². The number of carbonyl (C=O) groups excluding carboxylic acids is 4. The van der Waals surface area contributed by atoms with Gasteiger partial charge in [-0.1, -0.05) is 86.6 Å². The topological polar surface area (TPSA) is 173 Å². The monoisotopic (exact) mass is 872 g/mol. The molecule has 63 heavy (non-hydrogen) atoms. The molecule has 2 heterocycles. The molecule has 17 heteroatoms. The van der Waals surface area contributed by atoms with E-state index in [1.807, 2.05) is 67.3 Å². The molecule has 0 saturated carbocycles. The van der Waals surface area contributed by atoms with Crippen LogP contribution in [0.1, 0.15) is 51.2 Å². The standard InChI is InChI=1S/C46H55F3N8O6/c1-30(2)19-20-40(58)41(43(60)53-56-23-21-54(22-24-56)35-16-10-15-34(25-35)46(47,48)49)52-42(59)38(51-45(62)63-28-32-11-5-4-6-12-32)26-36-27-55(44(61)31(3)50)29-57(36)39-18-9-14-33-13-7-8-17-37(33)39/h4-18,25,27,30-31,38,40-41,58H,19-24,26,28-29,50H2,1-3H3,(H,51,62)(H,52,59)(H,53,60)/t31-,38-,40-,41?/m0/s1. The Morgan fingerprint density at radius 2 is 1.51 bits per heavy atom. The lowest BCUT2D eigenvalue weighted by Crippen LogP contribution is -2.62. The fourth-order valence-corrected chi connectivity index (χ4v) is 7.53. The molecule has 6 rings (SSSR count). The Kier molecular flexibility index (Phi) is 15.3. The van der Waals surface area contributed by atoms with E-state index in [0.29, 0.717) is 23.4 Å². The normalized spacial score (nSPS) is 16.6. The van der Waals surface area contributed by atoms with E-state index < -0.39 is 53.9 Å². The third kappa shape index (κ3) is 12.3. The van der Waals surface area contributed by atoms with Gasteiger partial charge < -0.3 is 36.0 Å². The second-order valence-electron chi connectivity index (χ2n) is 16.3. The lowest BCUT2D eigenvalue weighted by molar-refractivity contribution is -0.137. The zero-order chi connectivity index (χ0) is 45.3. The van der Waals surface area contributed by atoms with Crippen LogP contribution in [0.15, 0.2) is 109 Å². The number of ether oxygens (including phenoxy) is 1. The number of hydrazine groups is 1. The first-order valence-electron chi connectivity index (χ1n) is 21.0. The molecule has 1 unspecified atom stereocenters. The number of nitrogens with zero attached hydrogens (tertiary/aromatic N) is 4. The molecule has 2 aliphatic heterocycles. The van der Waals surface area contributed by atoms with Gasteiger partial charge in [0.25, 0.3) is 5.91 Å². The van der Waals surface area contributed by atoms with Gasteiger partial charge in [-0.15, -0.1) is 0 Å². The van der Waals surface area contributed by atoms with Crippen molar-refractivity contribution in [3.63, 3.8) is 0 Å². The molecular weight excluding hydrogens is 818 g/mol. The molecule has 14 nitrogen and oxygen atoms in total. The van der Waals surface area contributed by atoms with Crippen molar-refractivity contribution >= 4 is 46.0 Å². The van der Waals surface area contributed by atoms with E-state index in [-0.39, 0.29) is 64.1 Å². The fraction of sp³-hybridized carbons (Fsp3) is 0.391. The summed E-state index contributed by atoms with van der Waals surface area (Å²) in [5.74, 6) is -1.73. The largest absolute Gasteiger partial charge is 0.445 e. The number of nitrogens with one attached hydrogen (secondary N) is 3. The minimum Gasteiger partial charge on any atom is -0.445 e. The summed E-state index contributed by atoms with van der Waals surface area (Å²) in [6, 6.07) is 23.7. The molecule has 4 atom stereocenters. The average molecular weight is 873 g/mol. The number of piperazine rings is 1. The lowest BCUT2D eigenvalue weighted by atomic mass is 9.99. The molecule has 336 valence electrons. The van der Waals surface area contributed by atoms with Crippen LogP contribution in [0, 0.1) is 5.92 Å². The summed E-state index contributed by atoms with van der Waals surface area (Å²) in [7, 11) is 0. The Hall–Kier alpha value is -6.17. The molecule has 2 aliphatic rings. The van der Waals surface area contributed by atoms with E-state index in [1.165, 1.54) is 11.0 Å². The van der Waals surface area contributed by atoms with Gasteiger partial charge in [-0.3, -0.25) is 24.7 Å². The SMILES string of the molecule is CC(C)CC[C@H](O)C(NC(=O)[C@H](CC1=CN(C(=O)[C@H](C)N)CN1c1cccc2ccccc12)NC(=O)OCc1ccccc1)C(=O)NN1CCN(c2cccc(C(F)(F)F)c2)CC1. The number of alkyl carbamates (subject to hydrolysis) is 1. The summed E-state index contributed by atoms with van der Waals surface area (Å²) in [5.41, 5.74) is 10.4. The molecular formula is C46H55F3N8O6. The highest BCUT2D eigenvalue weighted by Gasteiger charge is 2.37. The van der Waals surface area contributed by atoms with Gasteiger partial charge in [-0.25, -0.2) is 9.80 Å². The predicted molar refractivity (Wildman–Crippen MR) is 233 cm³/mol. The van der Waals surface area contributed by atoms with Crippen molar-refractivity contribution in [3.05, 3.63) is 120 Å². The van der Waals surface area contributed by atoms with E-state index in [9.17, 15) is 37.5 Å². The van der Waals surface area contributed by atoms with Gasteiger partial charge in [0, 0.05) is 55.6 Å². The summed E-state index contributed by atoms with van der Waals surface area (Å²) in [4.78, 5) is 60.5. The number of alkyl halides is 3. The molecule has 0 aliphatic carbocycles. The van der Waals surface area contributed by atoms with E-state index in [1.54, 1.807) is 53.4 Å². The van der Waals surface area contributed by atoms with Crippen LogP contribution in [-0.2, 0) is 31.9 Å². The van der Waals surface area contributed by atoms with E-state index in [0.717, 1.165) is 28.6 Å². The smallest absolute Gasteiger partial charge is 0.416 e. The first-order valence-corrected chi connectivity index (χ1v) is 21.0. The molecule has 4 amide bonds. The van der Waals surface area contributed by atoms with Gasteiger partial charge in [0.15, 0.2) is 0 Å². The Balaban J connectivity index is 1.24. The van der Waals surface area contributed by atoms with Gasteiger partial charge in [0.05, 0.1) is 23.4 Å². The summed E-state index contributed by atoms with van der Waals surface area (Å²) < 4.78 is 45.8. The van der Waals surface area contributed by atoms with Crippen LogP contribution >= 0.6 is 0 Å². The van der Waals surface area contributed by atoms with Crippen LogP contribution in [0.3, 0.4) is 0 Å². The molecule has 4 aromatic carbocycles. The number of fused-ring (bicyclic) bond motifs is 1. The third-order valence-electron chi connectivity index (χ3n) is 11.0. The van der Waals surface area contributed by atoms with Crippen LogP contribution < -0.4 is 31.6 Å². The Morgan fingerprint density at radius 1 is 0.825 bits per heavy atom. The van der Waals surface area contributed by atoms with Crippen molar-refractivity contribution in [2.24, 2.45) is 11.7 Å². The number of benzene rings is 4.